The number of methoxy groups -OCH3 is 1. The maximum atomic E-state index is 11.8. The maximum Gasteiger partial charge on any atom is 0.236 e. The number of carbonyl (C=O) groups is 1. The van der Waals surface area contributed by atoms with Gasteiger partial charge in [-0.15, -0.1) is 0 Å². The standard InChI is InChI=1S/C14H21N3O2/c1-16-4-3-5-17(10-14(16)18)9-11-6-12(15)8-13(7-11)19-2/h6-8H,3-5,9-10,15H2,1-2H3. The molecule has 5 nitrogen and oxygen atoms in total. The highest BCUT2D eigenvalue weighted by molar-refractivity contribution is 5.78. The van der Waals surface area contributed by atoms with Crippen molar-refractivity contribution in [2.75, 3.05) is 39.5 Å². The van der Waals surface area contributed by atoms with Gasteiger partial charge in [0.1, 0.15) is 5.75 Å². The zero-order chi connectivity index (χ0) is 13.8. The van der Waals surface area contributed by atoms with E-state index in [4.69, 9.17) is 10.5 Å². The van der Waals surface area contributed by atoms with Gasteiger partial charge in [-0.3, -0.25) is 9.69 Å². The second-order valence-corrected chi connectivity index (χ2v) is 4.99. The summed E-state index contributed by atoms with van der Waals surface area (Å²) < 4.78 is 5.21. The van der Waals surface area contributed by atoms with Crippen LogP contribution in [0.15, 0.2) is 18.2 Å². The summed E-state index contributed by atoms with van der Waals surface area (Å²) in [6, 6.07) is 5.70. The minimum atomic E-state index is 0.174. The van der Waals surface area contributed by atoms with E-state index in [1.54, 1.807) is 18.1 Å². The second kappa shape index (κ2) is 5.93. The van der Waals surface area contributed by atoms with E-state index in [9.17, 15) is 4.79 Å². The summed E-state index contributed by atoms with van der Waals surface area (Å²) in [6.07, 6.45) is 1.00. The summed E-state index contributed by atoms with van der Waals surface area (Å²) in [6.45, 7) is 2.94. The normalized spacial score (nSPS) is 17.4. The van der Waals surface area contributed by atoms with Crippen LogP contribution in [0.5, 0.6) is 5.75 Å². The van der Waals surface area contributed by atoms with E-state index in [0.717, 1.165) is 37.4 Å². The molecule has 0 radical (unpaired) electrons. The molecular weight excluding hydrogens is 242 g/mol. The van der Waals surface area contributed by atoms with Crippen molar-refractivity contribution in [3.63, 3.8) is 0 Å². The first-order valence-electron chi connectivity index (χ1n) is 6.48. The van der Waals surface area contributed by atoms with Crippen LogP contribution < -0.4 is 10.5 Å². The molecule has 19 heavy (non-hydrogen) atoms. The van der Waals surface area contributed by atoms with Crippen LogP contribution in [0.25, 0.3) is 0 Å². The molecule has 1 fully saturated rings. The lowest BCUT2D eigenvalue weighted by atomic mass is 10.1. The van der Waals surface area contributed by atoms with Gasteiger partial charge in [0.15, 0.2) is 0 Å². The Bertz CT molecular complexity index is 462. The Balaban J connectivity index is 2.07. The van der Waals surface area contributed by atoms with Crippen molar-refractivity contribution in [2.24, 2.45) is 0 Å². The molecule has 0 bridgehead atoms. The number of ether oxygens (including phenoxy) is 1. The fraction of sp³-hybridized carbons (Fsp3) is 0.500. The van der Waals surface area contributed by atoms with Crippen molar-refractivity contribution in [3.8, 4) is 5.75 Å². The highest BCUT2D eigenvalue weighted by atomic mass is 16.5. The van der Waals surface area contributed by atoms with Crippen molar-refractivity contribution in [3.05, 3.63) is 23.8 Å². The monoisotopic (exact) mass is 263 g/mol. The molecule has 1 aromatic rings. The van der Waals surface area contributed by atoms with Crippen LogP contribution in [-0.4, -0.2) is 49.5 Å². The molecule has 1 aliphatic rings. The van der Waals surface area contributed by atoms with Gasteiger partial charge in [-0.25, -0.2) is 0 Å². The van der Waals surface area contributed by atoms with Gasteiger partial charge < -0.3 is 15.4 Å². The lowest BCUT2D eigenvalue weighted by Crippen LogP contribution is -2.34. The minimum absolute atomic E-state index is 0.174. The van der Waals surface area contributed by atoms with Crippen LogP contribution in [0.3, 0.4) is 0 Å². The Morgan fingerprint density at radius 3 is 2.84 bits per heavy atom. The Kier molecular flexibility index (Phi) is 4.27. The zero-order valence-corrected chi connectivity index (χ0v) is 11.6. The molecule has 2 rings (SSSR count). The smallest absolute Gasteiger partial charge is 0.236 e. The number of anilines is 1. The molecule has 1 saturated heterocycles. The number of amides is 1. The van der Waals surface area contributed by atoms with Crippen LogP contribution in [0, 0.1) is 0 Å². The van der Waals surface area contributed by atoms with Crippen molar-refractivity contribution >= 4 is 11.6 Å². The molecule has 2 N–H and O–H groups in total. The average Bonchev–Trinajstić information content (AvgIpc) is 2.51. The summed E-state index contributed by atoms with van der Waals surface area (Å²) >= 11 is 0. The summed E-state index contributed by atoms with van der Waals surface area (Å²) in [5, 5.41) is 0. The molecule has 5 heteroatoms. The van der Waals surface area contributed by atoms with Crippen molar-refractivity contribution < 1.29 is 9.53 Å². The molecule has 0 unspecified atom stereocenters. The Morgan fingerprint density at radius 2 is 2.11 bits per heavy atom. The molecule has 1 heterocycles. The van der Waals surface area contributed by atoms with E-state index in [1.165, 1.54) is 0 Å². The van der Waals surface area contributed by atoms with Crippen LogP contribution in [0.4, 0.5) is 5.69 Å². The second-order valence-electron chi connectivity index (χ2n) is 4.99. The molecule has 0 spiro atoms. The molecule has 104 valence electrons. The minimum Gasteiger partial charge on any atom is -0.497 e. The number of nitrogen functional groups attached to an aromatic ring is 1. The van der Waals surface area contributed by atoms with Gasteiger partial charge in [0.2, 0.25) is 5.91 Å². The molecule has 1 aromatic carbocycles. The highest BCUT2D eigenvalue weighted by Gasteiger charge is 2.19. The fourth-order valence-electron chi connectivity index (χ4n) is 2.34. The third-order valence-corrected chi connectivity index (χ3v) is 3.38. The van der Waals surface area contributed by atoms with Crippen molar-refractivity contribution in [2.45, 2.75) is 13.0 Å². The van der Waals surface area contributed by atoms with Gasteiger partial charge in [0.25, 0.3) is 0 Å². The van der Waals surface area contributed by atoms with Crippen LogP contribution in [0.2, 0.25) is 0 Å². The lowest BCUT2D eigenvalue weighted by Gasteiger charge is -2.19. The van der Waals surface area contributed by atoms with Gasteiger partial charge in [0.05, 0.1) is 13.7 Å². The molecule has 0 aromatic heterocycles. The van der Waals surface area contributed by atoms with Gasteiger partial charge >= 0.3 is 0 Å². The SMILES string of the molecule is COc1cc(N)cc(CN2CCCN(C)C(=O)C2)c1. The topological polar surface area (TPSA) is 58.8 Å². The molecule has 1 amide bonds. The summed E-state index contributed by atoms with van der Waals surface area (Å²) in [5.74, 6) is 0.932. The predicted octanol–water partition coefficient (Wildman–Crippen LogP) is 0.941. The van der Waals surface area contributed by atoms with E-state index in [2.05, 4.69) is 4.90 Å². The van der Waals surface area contributed by atoms with Crippen LogP contribution in [-0.2, 0) is 11.3 Å². The van der Waals surface area contributed by atoms with E-state index in [-0.39, 0.29) is 5.91 Å². The van der Waals surface area contributed by atoms with Crippen molar-refractivity contribution in [1.29, 1.82) is 0 Å². The first-order valence-corrected chi connectivity index (χ1v) is 6.48. The molecule has 0 aliphatic carbocycles. The fourth-order valence-corrected chi connectivity index (χ4v) is 2.34. The van der Waals surface area contributed by atoms with Gasteiger partial charge in [0, 0.05) is 38.4 Å². The van der Waals surface area contributed by atoms with Gasteiger partial charge in [-0.05, 0) is 24.1 Å². The largest absolute Gasteiger partial charge is 0.497 e. The number of hydrogen-bond donors (Lipinski definition) is 1. The average molecular weight is 263 g/mol. The van der Waals surface area contributed by atoms with Gasteiger partial charge in [-0.2, -0.15) is 0 Å². The summed E-state index contributed by atoms with van der Waals surface area (Å²) in [5.41, 5.74) is 7.61. The molecule has 0 atom stereocenters. The van der Waals surface area contributed by atoms with Crippen LogP contribution >= 0.6 is 0 Å². The number of hydrogen-bond acceptors (Lipinski definition) is 4. The summed E-state index contributed by atoms with van der Waals surface area (Å²) in [4.78, 5) is 15.8. The zero-order valence-electron chi connectivity index (χ0n) is 11.6. The Hall–Kier alpha value is -1.75. The first-order chi connectivity index (χ1) is 9.08. The third-order valence-electron chi connectivity index (χ3n) is 3.38. The lowest BCUT2D eigenvalue weighted by molar-refractivity contribution is -0.129. The highest BCUT2D eigenvalue weighted by Crippen LogP contribution is 2.20. The molecular formula is C14H21N3O2. The Labute approximate surface area is 113 Å². The number of nitrogens with zero attached hydrogens (tertiary/aromatic N) is 2. The number of carbonyl (C=O) groups excluding carboxylic acids is 1. The number of nitrogens with two attached hydrogens (primary N) is 1. The number of rotatable bonds is 3. The first kappa shape index (κ1) is 13.7. The van der Waals surface area contributed by atoms with E-state index in [1.807, 2.05) is 19.2 Å². The molecule has 1 aliphatic heterocycles. The maximum absolute atomic E-state index is 11.8. The number of benzene rings is 1. The van der Waals surface area contributed by atoms with E-state index >= 15 is 0 Å². The van der Waals surface area contributed by atoms with Gasteiger partial charge in [-0.1, -0.05) is 0 Å². The Morgan fingerprint density at radius 1 is 1.32 bits per heavy atom. The summed E-state index contributed by atoms with van der Waals surface area (Å²) in [7, 11) is 3.48. The third kappa shape index (κ3) is 3.61. The number of likely N-dealkylation sites (N-methyl/N-ethyl adjacent to an activating group) is 1. The van der Waals surface area contributed by atoms with Crippen molar-refractivity contribution in [1.82, 2.24) is 9.80 Å². The van der Waals surface area contributed by atoms with E-state index < -0.39 is 0 Å². The molecule has 0 saturated carbocycles. The quantitative estimate of drug-likeness (QED) is 0.825. The predicted molar refractivity (Wildman–Crippen MR) is 74.9 cm³/mol. The van der Waals surface area contributed by atoms with Crippen LogP contribution in [0.1, 0.15) is 12.0 Å². The van der Waals surface area contributed by atoms with E-state index in [0.29, 0.717) is 12.2 Å².